The molecule has 1 amide bonds. The minimum absolute atomic E-state index is 0.162. The van der Waals surface area contributed by atoms with Crippen molar-refractivity contribution in [2.24, 2.45) is 5.92 Å². The fourth-order valence-electron chi connectivity index (χ4n) is 3.00. The Kier molecular flexibility index (Phi) is 6.10. The van der Waals surface area contributed by atoms with Crippen LogP contribution in [0.15, 0.2) is 24.3 Å². The van der Waals surface area contributed by atoms with E-state index >= 15 is 0 Å². The monoisotopic (exact) mass is 305 g/mol. The third-order valence-corrected chi connectivity index (χ3v) is 4.57. The van der Waals surface area contributed by atoms with Crippen molar-refractivity contribution in [1.82, 2.24) is 4.90 Å². The molecule has 0 bridgehead atoms. The summed E-state index contributed by atoms with van der Waals surface area (Å²) in [6, 6.07) is 7.90. The second-order valence-electron chi connectivity index (χ2n) is 6.17. The van der Waals surface area contributed by atoms with E-state index in [0.717, 1.165) is 18.8 Å². The van der Waals surface area contributed by atoms with Crippen LogP contribution in [0.25, 0.3) is 0 Å². The Morgan fingerprint density at radius 3 is 2.45 bits per heavy atom. The van der Waals surface area contributed by atoms with Gasteiger partial charge in [0.1, 0.15) is 0 Å². The second-order valence-corrected chi connectivity index (χ2v) is 6.17. The van der Waals surface area contributed by atoms with Crippen LogP contribution in [-0.2, 0) is 4.79 Å². The molecule has 0 spiro atoms. The average Bonchev–Trinajstić information content (AvgIpc) is 2.55. The molecule has 0 radical (unpaired) electrons. The molecule has 0 unspecified atom stereocenters. The number of methoxy groups -OCH3 is 1. The van der Waals surface area contributed by atoms with Gasteiger partial charge in [-0.3, -0.25) is 4.79 Å². The number of carbonyl (C=O) groups excluding carboxylic acids is 1. The number of carbonyl (C=O) groups is 1. The van der Waals surface area contributed by atoms with E-state index in [2.05, 4.69) is 6.92 Å². The fourth-order valence-corrected chi connectivity index (χ4v) is 3.00. The van der Waals surface area contributed by atoms with Crippen molar-refractivity contribution in [3.05, 3.63) is 24.3 Å². The van der Waals surface area contributed by atoms with Crippen LogP contribution in [0.2, 0.25) is 0 Å². The number of benzene rings is 1. The van der Waals surface area contributed by atoms with E-state index in [9.17, 15) is 4.79 Å². The molecule has 0 heterocycles. The predicted molar refractivity (Wildman–Crippen MR) is 87.3 cm³/mol. The van der Waals surface area contributed by atoms with Gasteiger partial charge in [-0.15, -0.1) is 0 Å². The Morgan fingerprint density at radius 1 is 1.18 bits per heavy atom. The molecule has 0 aliphatic heterocycles. The standard InChI is InChI=1S/C18H27NO3/c1-14-8-10-15(11-9-14)19(2)18(20)12-13-22-17-7-5-4-6-16(17)21-3/h4-7,14-15H,8-13H2,1-3H3. The van der Waals surface area contributed by atoms with Crippen LogP contribution in [0.3, 0.4) is 0 Å². The molecule has 1 aromatic rings. The molecule has 1 aliphatic rings. The van der Waals surface area contributed by atoms with E-state index in [-0.39, 0.29) is 5.91 Å². The van der Waals surface area contributed by atoms with Gasteiger partial charge < -0.3 is 14.4 Å². The fraction of sp³-hybridized carbons (Fsp3) is 0.611. The zero-order valence-corrected chi connectivity index (χ0v) is 13.9. The van der Waals surface area contributed by atoms with E-state index in [0.29, 0.717) is 30.6 Å². The van der Waals surface area contributed by atoms with Gasteiger partial charge in [-0.2, -0.15) is 0 Å². The number of hydrogen-bond acceptors (Lipinski definition) is 3. The summed E-state index contributed by atoms with van der Waals surface area (Å²) in [6.45, 7) is 2.67. The average molecular weight is 305 g/mol. The van der Waals surface area contributed by atoms with E-state index in [1.54, 1.807) is 7.11 Å². The van der Waals surface area contributed by atoms with Gasteiger partial charge in [-0.1, -0.05) is 19.1 Å². The molecule has 1 saturated carbocycles. The number of amides is 1. The van der Waals surface area contributed by atoms with Crippen molar-refractivity contribution >= 4 is 5.91 Å². The highest BCUT2D eigenvalue weighted by atomic mass is 16.5. The first-order chi connectivity index (χ1) is 10.6. The normalized spacial score (nSPS) is 21.2. The Morgan fingerprint density at radius 2 is 1.82 bits per heavy atom. The van der Waals surface area contributed by atoms with Gasteiger partial charge in [-0.25, -0.2) is 0 Å². The minimum Gasteiger partial charge on any atom is -0.493 e. The molecule has 1 aromatic carbocycles. The molecule has 1 aliphatic carbocycles. The highest BCUT2D eigenvalue weighted by Gasteiger charge is 2.24. The highest BCUT2D eigenvalue weighted by Crippen LogP contribution is 2.27. The summed E-state index contributed by atoms with van der Waals surface area (Å²) in [7, 11) is 3.54. The molecule has 1 fully saturated rings. The number of para-hydroxylation sites is 2. The first kappa shape index (κ1) is 16.7. The van der Waals surface area contributed by atoms with Crippen LogP contribution in [-0.4, -0.2) is 37.6 Å². The van der Waals surface area contributed by atoms with E-state index in [4.69, 9.17) is 9.47 Å². The molecular formula is C18H27NO3. The maximum atomic E-state index is 12.3. The first-order valence-corrected chi connectivity index (χ1v) is 8.13. The Bertz CT molecular complexity index is 481. The highest BCUT2D eigenvalue weighted by molar-refractivity contribution is 5.76. The topological polar surface area (TPSA) is 38.8 Å². The Hall–Kier alpha value is -1.71. The molecule has 122 valence electrons. The van der Waals surface area contributed by atoms with E-state index in [1.807, 2.05) is 36.2 Å². The quantitative estimate of drug-likeness (QED) is 0.807. The lowest BCUT2D eigenvalue weighted by Gasteiger charge is -2.33. The summed E-state index contributed by atoms with van der Waals surface area (Å²) < 4.78 is 10.9. The lowest BCUT2D eigenvalue weighted by atomic mass is 9.86. The summed E-state index contributed by atoms with van der Waals surface area (Å²) in [5, 5.41) is 0. The third kappa shape index (κ3) is 4.39. The van der Waals surface area contributed by atoms with Crippen molar-refractivity contribution < 1.29 is 14.3 Å². The van der Waals surface area contributed by atoms with Gasteiger partial charge in [0.15, 0.2) is 11.5 Å². The number of nitrogens with zero attached hydrogens (tertiary/aromatic N) is 1. The van der Waals surface area contributed by atoms with Gasteiger partial charge in [0.25, 0.3) is 0 Å². The van der Waals surface area contributed by atoms with Gasteiger partial charge in [0, 0.05) is 13.1 Å². The second kappa shape index (κ2) is 8.06. The lowest BCUT2D eigenvalue weighted by molar-refractivity contribution is -0.133. The third-order valence-electron chi connectivity index (χ3n) is 4.57. The predicted octanol–water partition coefficient (Wildman–Crippen LogP) is 3.50. The van der Waals surface area contributed by atoms with Crippen LogP contribution in [0.5, 0.6) is 11.5 Å². The van der Waals surface area contributed by atoms with Crippen molar-refractivity contribution in [2.75, 3.05) is 20.8 Å². The number of rotatable bonds is 6. The summed E-state index contributed by atoms with van der Waals surface area (Å²) >= 11 is 0. The van der Waals surface area contributed by atoms with Crippen LogP contribution in [0.1, 0.15) is 39.0 Å². The number of ether oxygens (including phenoxy) is 2. The van der Waals surface area contributed by atoms with Crippen LogP contribution in [0, 0.1) is 5.92 Å². The summed E-state index contributed by atoms with van der Waals surface area (Å²) in [5.41, 5.74) is 0. The van der Waals surface area contributed by atoms with E-state index in [1.165, 1.54) is 12.8 Å². The van der Waals surface area contributed by atoms with Crippen LogP contribution in [0.4, 0.5) is 0 Å². The van der Waals surface area contributed by atoms with Gasteiger partial charge in [-0.05, 0) is 43.7 Å². The summed E-state index contributed by atoms with van der Waals surface area (Å²) in [5.74, 6) is 2.35. The van der Waals surface area contributed by atoms with Crippen molar-refractivity contribution in [3.63, 3.8) is 0 Å². The molecule has 4 nitrogen and oxygen atoms in total. The molecule has 22 heavy (non-hydrogen) atoms. The number of hydrogen-bond donors (Lipinski definition) is 0. The summed E-state index contributed by atoms with van der Waals surface area (Å²) in [6.07, 6.45) is 5.09. The molecule has 0 aromatic heterocycles. The molecule has 4 heteroatoms. The van der Waals surface area contributed by atoms with Crippen LogP contribution >= 0.6 is 0 Å². The molecule has 0 atom stereocenters. The maximum absolute atomic E-state index is 12.3. The van der Waals surface area contributed by atoms with E-state index < -0.39 is 0 Å². The molecular weight excluding hydrogens is 278 g/mol. The smallest absolute Gasteiger partial charge is 0.225 e. The largest absolute Gasteiger partial charge is 0.493 e. The maximum Gasteiger partial charge on any atom is 0.225 e. The van der Waals surface area contributed by atoms with Crippen molar-refractivity contribution in [2.45, 2.75) is 45.1 Å². The van der Waals surface area contributed by atoms with Crippen LogP contribution < -0.4 is 9.47 Å². The Balaban J connectivity index is 1.77. The van der Waals surface area contributed by atoms with Gasteiger partial charge >= 0.3 is 0 Å². The zero-order valence-electron chi connectivity index (χ0n) is 13.9. The van der Waals surface area contributed by atoms with Crippen molar-refractivity contribution in [1.29, 1.82) is 0 Å². The molecule has 0 N–H and O–H groups in total. The first-order valence-electron chi connectivity index (χ1n) is 8.13. The minimum atomic E-state index is 0.162. The Labute approximate surface area is 133 Å². The summed E-state index contributed by atoms with van der Waals surface area (Å²) in [4.78, 5) is 14.2. The van der Waals surface area contributed by atoms with Gasteiger partial charge in [0.2, 0.25) is 5.91 Å². The zero-order chi connectivity index (χ0) is 15.9. The van der Waals surface area contributed by atoms with Crippen molar-refractivity contribution in [3.8, 4) is 11.5 Å². The van der Waals surface area contributed by atoms with Gasteiger partial charge in [0.05, 0.1) is 20.1 Å². The lowest BCUT2D eigenvalue weighted by Crippen LogP contribution is -2.39. The molecule has 2 rings (SSSR count). The molecule has 0 saturated heterocycles. The SMILES string of the molecule is COc1ccccc1OCCC(=O)N(C)C1CCC(C)CC1.